The number of carbonyl (C=O) groups excluding carboxylic acids is 2. The van der Waals surface area contributed by atoms with Gasteiger partial charge in [-0.2, -0.15) is 10.5 Å². The van der Waals surface area contributed by atoms with Crippen LogP contribution in [0.5, 0.6) is 0 Å². The van der Waals surface area contributed by atoms with Gasteiger partial charge >= 0.3 is 0 Å². The number of carbonyl (C=O) groups is 2. The second-order valence-electron chi connectivity index (χ2n) is 7.50. The molecule has 1 atom stereocenters. The number of likely N-dealkylation sites (tertiary alicyclic amines) is 1. The third-order valence-electron chi connectivity index (χ3n) is 5.39. The number of amides is 2. The van der Waals surface area contributed by atoms with Crippen LogP contribution in [0.3, 0.4) is 0 Å². The number of rotatable bonds is 7. The molecule has 0 bridgehead atoms. The van der Waals surface area contributed by atoms with Crippen LogP contribution in [0.2, 0.25) is 0 Å². The normalized spacial score (nSPS) is 15.5. The Labute approximate surface area is 190 Å². The summed E-state index contributed by atoms with van der Waals surface area (Å²) in [6.45, 7) is 2.11. The van der Waals surface area contributed by atoms with Crippen molar-refractivity contribution in [1.82, 2.24) is 4.90 Å². The average molecular weight is 476 g/mol. The summed E-state index contributed by atoms with van der Waals surface area (Å²) in [4.78, 5) is 26.3. The molecule has 0 aromatic heterocycles. The molecule has 1 heterocycles. The van der Waals surface area contributed by atoms with Crippen LogP contribution in [0.4, 0.5) is 0 Å². The molecule has 1 saturated heterocycles. The molecule has 1 fully saturated rings. The lowest BCUT2D eigenvalue weighted by atomic mass is 9.77. The molecule has 0 N–H and O–H groups in total. The number of halogens is 1. The van der Waals surface area contributed by atoms with Gasteiger partial charge in [0.2, 0.25) is 11.8 Å². The van der Waals surface area contributed by atoms with Gasteiger partial charge in [0.1, 0.15) is 6.04 Å². The van der Waals surface area contributed by atoms with Gasteiger partial charge in [-0.15, -0.1) is 0 Å². The summed E-state index contributed by atoms with van der Waals surface area (Å²) in [6, 6.07) is 19.8. The Balaban J connectivity index is 2.12. The molecule has 2 aromatic rings. The number of nitriles is 2. The number of imide groups is 1. The van der Waals surface area contributed by atoms with Gasteiger partial charge in [-0.25, -0.2) is 0 Å². The Kier molecular flexibility index (Phi) is 7.05. The molecule has 1 unspecified atom stereocenters. The van der Waals surface area contributed by atoms with Crippen LogP contribution in [-0.2, 0) is 16.0 Å². The van der Waals surface area contributed by atoms with Crippen molar-refractivity contribution in [2.45, 2.75) is 38.6 Å². The molecule has 2 amide bonds. The van der Waals surface area contributed by atoms with E-state index in [9.17, 15) is 20.1 Å². The Morgan fingerprint density at radius 1 is 1.06 bits per heavy atom. The summed E-state index contributed by atoms with van der Waals surface area (Å²) in [7, 11) is 0. The summed E-state index contributed by atoms with van der Waals surface area (Å²) in [6.07, 6.45) is 3.69. The molecule has 1 aliphatic rings. The second kappa shape index (κ2) is 9.73. The summed E-state index contributed by atoms with van der Waals surface area (Å²) in [5.74, 6) is -0.746. The highest BCUT2D eigenvalue weighted by molar-refractivity contribution is 9.15. The Morgan fingerprint density at radius 2 is 1.65 bits per heavy atom. The number of hydrogen-bond acceptors (Lipinski definition) is 4. The summed E-state index contributed by atoms with van der Waals surface area (Å²) >= 11 is 3.52. The number of nitrogens with zero attached hydrogens (tertiary/aromatic N) is 3. The molecule has 6 heteroatoms. The minimum Gasteiger partial charge on any atom is -0.274 e. The maximum absolute atomic E-state index is 12.6. The molecular formula is C25H22BrN3O2. The first-order chi connectivity index (χ1) is 15.0. The molecule has 5 nitrogen and oxygen atoms in total. The fraction of sp³-hybridized carbons (Fsp3) is 0.280. The third kappa shape index (κ3) is 4.60. The molecule has 31 heavy (non-hydrogen) atoms. The van der Waals surface area contributed by atoms with E-state index in [4.69, 9.17) is 0 Å². The fourth-order valence-electron chi connectivity index (χ4n) is 3.83. The molecule has 0 radical (unpaired) electrons. The van der Waals surface area contributed by atoms with Crippen molar-refractivity contribution in [3.63, 3.8) is 0 Å². The maximum atomic E-state index is 12.6. The smallest absolute Gasteiger partial charge is 0.230 e. The van der Waals surface area contributed by atoms with Gasteiger partial charge in [-0.05, 0) is 29.2 Å². The van der Waals surface area contributed by atoms with Crippen molar-refractivity contribution in [3.05, 3.63) is 77.4 Å². The lowest BCUT2D eigenvalue weighted by Gasteiger charge is -2.34. The van der Waals surface area contributed by atoms with E-state index in [1.54, 1.807) is 30.3 Å². The van der Waals surface area contributed by atoms with Gasteiger partial charge in [-0.1, -0.05) is 83.9 Å². The van der Waals surface area contributed by atoms with Crippen molar-refractivity contribution < 1.29 is 9.59 Å². The highest BCUT2D eigenvalue weighted by atomic mass is 79.9. The Bertz CT molecular complexity index is 1050. The van der Waals surface area contributed by atoms with E-state index >= 15 is 0 Å². The standard InChI is InChI=1S/C25H22BrN3O2/c1-2-6-18-9-11-19(12-10-18)21(26)15-25(16-27,17-28)24(20-7-4-3-5-8-20)29-22(30)13-14-23(29)31/h3-5,7-12,15,24H,2,6,13-14H2,1H3/b21-15+. The Morgan fingerprint density at radius 3 is 2.16 bits per heavy atom. The van der Waals surface area contributed by atoms with Gasteiger partial charge in [0.25, 0.3) is 0 Å². The van der Waals surface area contributed by atoms with E-state index in [0.29, 0.717) is 10.0 Å². The summed E-state index contributed by atoms with van der Waals surface area (Å²) < 4.78 is 0.554. The van der Waals surface area contributed by atoms with Crippen molar-refractivity contribution >= 4 is 32.2 Å². The predicted octanol–water partition coefficient (Wildman–Crippen LogP) is 5.30. The van der Waals surface area contributed by atoms with Crippen molar-refractivity contribution in [2.24, 2.45) is 5.41 Å². The quantitative estimate of drug-likeness (QED) is 0.508. The van der Waals surface area contributed by atoms with Crippen molar-refractivity contribution in [1.29, 1.82) is 10.5 Å². The third-order valence-corrected chi connectivity index (χ3v) is 6.07. The molecule has 156 valence electrons. The van der Waals surface area contributed by atoms with Gasteiger partial charge in [-0.3, -0.25) is 14.5 Å². The first kappa shape index (κ1) is 22.5. The average Bonchev–Trinajstić information content (AvgIpc) is 3.12. The van der Waals surface area contributed by atoms with Crippen LogP contribution in [-0.4, -0.2) is 16.7 Å². The van der Waals surface area contributed by atoms with E-state index in [-0.39, 0.29) is 24.7 Å². The summed E-state index contributed by atoms with van der Waals surface area (Å²) in [5, 5.41) is 20.3. The van der Waals surface area contributed by atoms with Gasteiger partial charge in [0.05, 0.1) is 12.1 Å². The van der Waals surface area contributed by atoms with E-state index < -0.39 is 11.5 Å². The maximum Gasteiger partial charge on any atom is 0.230 e. The van der Waals surface area contributed by atoms with Crippen LogP contribution in [0, 0.1) is 28.1 Å². The number of benzene rings is 2. The molecule has 0 aliphatic carbocycles. The molecule has 0 spiro atoms. The molecule has 3 rings (SSSR count). The van der Waals surface area contributed by atoms with E-state index in [1.165, 1.54) is 11.6 Å². The zero-order valence-corrected chi connectivity index (χ0v) is 18.8. The Hall–Kier alpha value is -3.22. The number of aryl methyl sites for hydroxylation is 1. The first-order valence-corrected chi connectivity index (χ1v) is 10.9. The molecular weight excluding hydrogens is 454 g/mol. The van der Waals surface area contributed by atoms with Crippen LogP contribution >= 0.6 is 15.9 Å². The van der Waals surface area contributed by atoms with Crippen LogP contribution < -0.4 is 0 Å². The molecule has 2 aromatic carbocycles. The van der Waals surface area contributed by atoms with Crippen LogP contribution in [0.15, 0.2) is 60.7 Å². The van der Waals surface area contributed by atoms with E-state index in [2.05, 4.69) is 35.0 Å². The van der Waals surface area contributed by atoms with Crippen LogP contribution in [0.25, 0.3) is 4.48 Å². The van der Waals surface area contributed by atoms with Crippen molar-refractivity contribution in [2.75, 3.05) is 0 Å². The molecule has 1 aliphatic heterocycles. The fourth-order valence-corrected chi connectivity index (χ4v) is 4.45. The lowest BCUT2D eigenvalue weighted by Crippen LogP contribution is -2.42. The minimum absolute atomic E-state index is 0.0822. The zero-order valence-electron chi connectivity index (χ0n) is 17.2. The highest BCUT2D eigenvalue weighted by Gasteiger charge is 2.48. The van der Waals surface area contributed by atoms with E-state index in [0.717, 1.165) is 23.3 Å². The molecule has 0 saturated carbocycles. The van der Waals surface area contributed by atoms with Gasteiger partial charge < -0.3 is 0 Å². The lowest BCUT2D eigenvalue weighted by molar-refractivity contribution is -0.142. The van der Waals surface area contributed by atoms with Gasteiger partial charge in [0, 0.05) is 17.3 Å². The predicted molar refractivity (Wildman–Crippen MR) is 121 cm³/mol. The summed E-state index contributed by atoms with van der Waals surface area (Å²) in [5.41, 5.74) is 0.802. The largest absolute Gasteiger partial charge is 0.274 e. The minimum atomic E-state index is -1.77. The SMILES string of the molecule is CCCc1ccc(/C(Br)=C\C(C#N)(C#N)C(c2ccccc2)N2C(=O)CCC2=O)cc1. The van der Waals surface area contributed by atoms with Gasteiger partial charge in [0.15, 0.2) is 5.41 Å². The first-order valence-electron chi connectivity index (χ1n) is 10.2. The van der Waals surface area contributed by atoms with E-state index in [1.807, 2.05) is 24.3 Å². The van der Waals surface area contributed by atoms with Crippen molar-refractivity contribution in [3.8, 4) is 12.1 Å². The second-order valence-corrected chi connectivity index (χ2v) is 8.36. The highest BCUT2D eigenvalue weighted by Crippen LogP contribution is 2.44. The number of hydrogen-bond donors (Lipinski definition) is 0. The monoisotopic (exact) mass is 475 g/mol. The van der Waals surface area contributed by atoms with Crippen LogP contribution in [0.1, 0.15) is 48.9 Å². The topological polar surface area (TPSA) is 85.0 Å². The zero-order chi connectivity index (χ0) is 22.4.